The Morgan fingerprint density at radius 1 is 1.09 bits per heavy atom. The Morgan fingerprint density at radius 2 is 1.77 bits per heavy atom. The van der Waals surface area contributed by atoms with E-state index in [9.17, 15) is 9.18 Å². The molecule has 124 valence electrons. The number of halogens is 1. The first kappa shape index (κ1) is 14.9. The highest BCUT2D eigenvalue weighted by Gasteiger charge is 2.46. The van der Waals surface area contributed by atoms with Gasteiger partial charge in [-0.2, -0.15) is 0 Å². The van der Waals surface area contributed by atoms with Crippen molar-refractivity contribution in [3.8, 4) is 0 Å². The number of hydrogen-bond donors (Lipinski definition) is 0. The highest BCUT2D eigenvalue weighted by molar-refractivity contribution is 5.80. The fourth-order valence-corrected chi connectivity index (χ4v) is 4.65. The average molecular weight is 310 g/mol. The van der Waals surface area contributed by atoms with Gasteiger partial charge in [0.05, 0.1) is 12.2 Å². The van der Waals surface area contributed by atoms with Crippen molar-refractivity contribution in [1.29, 1.82) is 0 Å². The van der Waals surface area contributed by atoms with Crippen LogP contribution in [0.4, 0.5) is 4.39 Å². The van der Waals surface area contributed by atoms with Crippen molar-refractivity contribution in [3.05, 3.63) is 0 Å². The van der Waals surface area contributed by atoms with Crippen molar-refractivity contribution in [2.45, 2.75) is 62.8 Å². The summed E-state index contributed by atoms with van der Waals surface area (Å²) < 4.78 is 19.1. The van der Waals surface area contributed by atoms with Gasteiger partial charge >= 0.3 is 0 Å². The Kier molecular flexibility index (Phi) is 3.89. The molecule has 4 rings (SSSR count). The number of nitrogens with zero attached hydrogens (tertiary/aromatic N) is 2. The topological polar surface area (TPSA) is 32.8 Å². The van der Waals surface area contributed by atoms with Gasteiger partial charge in [-0.05, 0) is 58.0 Å². The molecule has 0 radical (unpaired) electrons. The van der Waals surface area contributed by atoms with Crippen LogP contribution in [0.25, 0.3) is 0 Å². The number of hydrogen-bond acceptors (Lipinski definition) is 3. The molecule has 3 saturated heterocycles. The van der Waals surface area contributed by atoms with Gasteiger partial charge in [-0.1, -0.05) is 0 Å². The lowest BCUT2D eigenvalue weighted by Crippen LogP contribution is -2.50. The number of carbonyl (C=O) groups is 1. The highest BCUT2D eigenvalue weighted by atomic mass is 19.1. The third kappa shape index (κ3) is 2.67. The summed E-state index contributed by atoms with van der Waals surface area (Å²) in [6, 6.07) is 0.587. The molecule has 0 aromatic rings. The van der Waals surface area contributed by atoms with Crippen LogP contribution < -0.4 is 0 Å². The van der Waals surface area contributed by atoms with Gasteiger partial charge in [0.2, 0.25) is 5.91 Å². The van der Waals surface area contributed by atoms with E-state index >= 15 is 0 Å². The molecule has 1 aliphatic carbocycles. The van der Waals surface area contributed by atoms with Crippen molar-refractivity contribution < 1.29 is 13.9 Å². The van der Waals surface area contributed by atoms with E-state index in [1.807, 2.05) is 4.90 Å². The van der Waals surface area contributed by atoms with Gasteiger partial charge in [0.15, 0.2) is 0 Å². The molecule has 4 aliphatic rings. The van der Waals surface area contributed by atoms with E-state index in [4.69, 9.17) is 4.74 Å². The van der Waals surface area contributed by atoms with Gasteiger partial charge < -0.3 is 9.64 Å². The Balaban J connectivity index is 1.29. The second-order valence-corrected chi connectivity index (χ2v) is 7.69. The van der Waals surface area contributed by atoms with E-state index < -0.39 is 6.17 Å². The van der Waals surface area contributed by atoms with E-state index in [2.05, 4.69) is 4.90 Å². The van der Waals surface area contributed by atoms with Gasteiger partial charge in [0, 0.05) is 25.0 Å². The van der Waals surface area contributed by atoms with Gasteiger partial charge in [0.1, 0.15) is 6.17 Å². The predicted molar refractivity (Wildman–Crippen MR) is 81.3 cm³/mol. The minimum absolute atomic E-state index is 0.00623. The number of carbonyl (C=O) groups excluding carboxylic acids is 1. The zero-order chi connectivity index (χ0) is 15.2. The van der Waals surface area contributed by atoms with E-state index in [0.717, 1.165) is 39.0 Å². The molecule has 0 aromatic carbocycles. The van der Waals surface area contributed by atoms with Crippen LogP contribution in [0.5, 0.6) is 0 Å². The minimum atomic E-state index is -0.746. The lowest BCUT2D eigenvalue weighted by atomic mass is 9.81. The molecule has 22 heavy (non-hydrogen) atoms. The smallest absolute Gasteiger partial charge is 0.225 e. The second-order valence-electron chi connectivity index (χ2n) is 7.69. The van der Waals surface area contributed by atoms with E-state index in [1.54, 1.807) is 0 Å². The third-order valence-electron chi connectivity index (χ3n) is 6.26. The summed E-state index contributed by atoms with van der Waals surface area (Å²) in [6.45, 7) is 4.89. The molecule has 4 nitrogen and oxygen atoms in total. The SMILES string of the molecule is O=C(C1CC(F)C1)N1CCC2(CC1)C[C@@H](N1CCCC1)CO2. The van der Waals surface area contributed by atoms with Crippen molar-refractivity contribution in [3.63, 3.8) is 0 Å². The van der Waals surface area contributed by atoms with Crippen LogP contribution in [0.3, 0.4) is 0 Å². The number of alkyl halides is 1. The van der Waals surface area contributed by atoms with Crippen LogP contribution in [0, 0.1) is 5.92 Å². The monoisotopic (exact) mass is 310 g/mol. The maximum Gasteiger partial charge on any atom is 0.225 e. The molecule has 3 aliphatic heterocycles. The summed E-state index contributed by atoms with van der Waals surface area (Å²) in [5.41, 5.74) is 0.00623. The first-order valence-electron chi connectivity index (χ1n) is 8.96. The molecule has 0 unspecified atom stereocenters. The van der Waals surface area contributed by atoms with Crippen molar-refractivity contribution in [2.75, 3.05) is 32.8 Å². The molecule has 1 atom stereocenters. The van der Waals surface area contributed by atoms with Crippen LogP contribution >= 0.6 is 0 Å². The summed E-state index contributed by atoms with van der Waals surface area (Å²) in [4.78, 5) is 16.9. The predicted octanol–water partition coefficient (Wildman–Crippen LogP) is 1.98. The molecule has 3 heterocycles. The number of likely N-dealkylation sites (tertiary alicyclic amines) is 2. The lowest BCUT2D eigenvalue weighted by molar-refractivity contribution is -0.145. The maximum absolute atomic E-state index is 12.9. The van der Waals surface area contributed by atoms with E-state index in [1.165, 1.54) is 25.9 Å². The van der Waals surface area contributed by atoms with Gasteiger partial charge in [-0.3, -0.25) is 9.69 Å². The van der Waals surface area contributed by atoms with Crippen molar-refractivity contribution in [1.82, 2.24) is 9.80 Å². The Bertz CT molecular complexity index is 424. The number of ether oxygens (including phenoxy) is 1. The molecule has 0 N–H and O–H groups in total. The van der Waals surface area contributed by atoms with Crippen LogP contribution in [0.2, 0.25) is 0 Å². The molecule has 0 bridgehead atoms. The number of piperidine rings is 1. The Labute approximate surface area is 132 Å². The Hall–Kier alpha value is -0.680. The number of amides is 1. The summed E-state index contributed by atoms with van der Waals surface area (Å²) in [5.74, 6) is 0.128. The second kappa shape index (κ2) is 5.75. The van der Waals surface area contributed by atoms with Gasteiger partial charge in [-0.15, -0.1) is 0 Å². The van der Waals surface area contributed by atoms with Crippen LogP contribution in [-0.4, -0.2) is 66.3 Å². The molecular weight excluding hydrogens is 283 g/mol. The highest BCUT2D eigenvalue weighted by Crippen LogP contribution is 2.39. The fraction of sp³-hybridized carbons (Fsp3) is 0.941. The summed E-state index contributed by atoms with van der Waals surface area (Å²) in [7, 11) is 0. The van der Waals surface area contributed by atoms with Gasteiger partial charge in [-0.25, -0.2) is 4.39 Å². The first-order valence-corrected chi connectivity index (χ1v) is 8.96. The van der Waals surface area contributed by atoms with Crippen LogP contribution in [0.1, 0.15) is 44.9 Å². The summed E-state index contributed by atoms with van der Waals surface area (Å²) in [6.07, 6.45) is 5.81. The normalized spacial score (nSPS) is 38.4. The Morgan fingerprint density at radius 3 is 2.41 bits per heavy atom. The fourth-order valence-electron chi connectivity index (χ4n) is 4.65. The molecular formula is C17H27FN2O2. The molecule has 5 heteroatoms. The van der Waals surface area contributed by atoms with E-state index in [0.29, 0.717) is 18.9 Å². The van der Waals surface area contributed by atoms with E-state index in [-0.39, 0.29) is 17.4 Å². The minimum Gasteiger partial charge on any atom is -0.373 e. The quantitative estimate of drug-likeness (QED) is 0.782. The van der Waals surface area contributed by atoms with Gasteiger partial charge in [0.25, 0.3) is 0 Å². The van der Waals surface area contributed by atoms with Crippen LogP contribution in [-0.2, 0) is 9.53 Å². The molecule has 4 fully saturated rings. The van der Waals surface area contributed by atoms with Crippen LogP contribution in [0.15, 0.2) is 0 Å². The summed E-state index contributed by atoms with van der Waals surface area (Å²) in [5, 5.41) is 0. The average Bonchev–Trinajstić information content (AvgIpc) is 3.14. The molecule has 0 aromatic heterocycles. The standard InChI is InChI=1S/C17H27FN2O2/c18-14-9-13(10-14)16(21)20-7-3-17(4-8-20)11-15(12-22-17)19-5-1-2-6-19/h13-15H,1-12H2/t13?,14?,15-/m1/s1. The molecule has 1 spiro atoms. The third-order valence-corrected chi connectivity index (χ3v) is 6.26. The number of rotatable bonds is 2. The first-order chi connectivity index (χ1) is 10.7. The van der Waals surface area contributed by atoms with Crippen molar-refractivity contribution in [2.24, 2.45) is 5.92 Å². The largest absolute Gasteiger partial charge is 0.373 e. The zero-order valence-electron chi connectivity index (χ0n) is 13.3. The van der Waals surface area contributed by atoms with Crippen molar-refractivity contribution >= 4 is 5.91 Å². The molecule has 1 saturated carbocycles. The lowest BCUT2D eigenvalue weighted by Gasteiger charge is -2.41. The summed E-state index contributed by atoms with van der Waals surface area (Å²) >= 11 is 0. The molecule has 1 amide bonds. The zero-order valence-corrected chi connectivity index (χ0v) is 13.3. The maximum atomic E-state index is 12.9.